The second kappa shape index (κ2) is 5.61. The summed E-state index contributed by atoms with van der Waals surface area (Å²) < 4.78 is 5.90. The number of carboxylic acid groups (broad SMARTS) is 1. The lowest BCUT2D eigenvalue weighted by molar-refractivity contribution is 0.0692. The molecule has 3 N–H and O–H groups in total. The van der Waals surface area contributed by atoms with Crippen molar-refractivity contribution in [3.8, 4) is 5.75 Å². The standard InChI is InChI=1S/C10H9N3O3S2/c14-8(15)6-3-1-2-4-7(6)16-5-11-9-12-13-10(17)18-9/h1-4H,5H2,(H,11,12)(H,13,17)(H,14,15). The molecule has 0 spiro atoms. The Hall–Kier alpha value is -1.93. The molecule has 0 saturated heterocycles. The van der Waals surface area contributed by atoms with E-state index in [1.54, 1.807) is 18.2 Å². The fraction of sp³-hybridized carbons (Fsp3) is 0.100. The molecule has 1 heterocycles. The maximum Gasteiger partial charge on any atom is 0.339 e. The molecule has 0 radical (unpaired) electrons. The van der Waals surface area contributed by atoms with Crippen molar-refractivity contribution in [3.05, 3.63) is 33.8 Å². The van der Waals surface area contributed by atoms with Crippen LogP contribution in [-0.2, 0) is 0 Å². The Kier molecular flexibility index (Phi) is 3.90. The van der Waals surface area contributed by atoms with Crippen molar-refractivity contribution in [2.24, 2.45) is 0 Å². The number of H-pyrrole nitrogens is 1. The average Bonchev–Trinajstić information content (AvgIpc) is 2.75. The van der Waals surface area contributed by atoms with E-state index in [0.717, 1.165) is 0 Å². The quantitative estimate of drug-likeness (QED) is 0.576. The number of carbonyl (C=O) groups is 1. The van der Waals surface area contributed by atoms with Crippen LogP contribution in [0.3, 0.4) is 0 Å². The van der Waals surface area contributed by atoms with E-state index in [1.165, 1.54) is 17.4 Å². The zero-order chi connectivity index (χ0) is 13.0. The Morgan fingerprint density at radius 1 is 1.56 bits per heavy atom. The second-order valence-electron chi connectivity index (χ2n) is 3.19. The highest BCUT2D eigenvalue weighted by Gasteiger charge is 2.09. The third kappa shape index (κ3) is 3.05. The van der Waals surface area contributed by atoms with E-state index in [1.807, 2.05) is 0 Å². The number of hydrogen-bond donors (Lipinski definition) is 3. The van der Waals surface area contributed by atoms with E-state index < -0.39 is 5.97 Å². The fourth-order valence-electron chi connectivity index (χ4n) is 1.25. The molecule has 18 heavy (non-hydrogen) atoms. The molecule has 8 heteroatoms. The lowest BCUT2D eigenvalue weighted by Gasteiger charge is -2.08. The summed E-state index contributed by atoms with van der Waals surface area (Å²) in [4.78, 5) is 10.9. The molecule has 0 atom stereocenters. The molecule has 0 fully saturated rings. The van der Waals surface area contributed by atoms with Gasteiger partial charge in [0, 0.05) is 0 Å². The largest absolute Gasteiger partial charge is 0.478 e. The third-order valence-electron chi connectivity index (χ3n) is 2.01. The van der Waals surface area contributed by atoms with E-state index in [0.29, 0.717) is 14.8 Å². The number of nitrogens with zero attached hydrogens (tertiary/aromatic N) is 1. The molecular formula is C10H9N3O3S2. The molecule has 2 aromatic rings. The molecule has 0 aliphatic heterocycles. The summed E-state index contributed by atoms with van der Waals surface area (Å²) in [6, 6.07) is 6.43. The number of ether oxygens (including phenoxy) is 1. The summed E-state index contributed by atoms with van der Waals surface area (Å²) in [7, 11) is 0. The van der Waals surface area contributed by atoms with Crippen molar-refractivity contribution in [2.45, 2.75) is 0 Å². The molecule has 0 aliphatic carbocycles. The molecule has 1 aromatic heterocycles. The van der Waals surface area contributed by atoms with Gasteiger partial charge < -0.3 is 15.2 Å². The molecule has 0 unspecified atom stereocenters. The van der Waals surface area contributed by atoms with Gasteiger partial charge in [0.25, 0.3) is 0 Å². The minimum absolute atomic E-state index is 0.112. The minimum atomic E-state index is -1.03. The molecule has 0 saturated carbocycles. The van der Waals surface area contributed by atoms with Gasteiger partial charge in [0.2, 0.25) is 5.13 Å². The zero-order valence-corrected chi connectivity index (χ0v) is 10.7. The summed E-state index contributed by atoms with van der Waals surface area (Å²) in [5.74, 6) is -0.724. The molecule has 94 valence electrons. The van der Waals surface area contributed by atoms with Crippen LogP contribution in [0.4, 0.5) is 5.13 Å². The van der Waals surface area contributed by atoms with Crippen LogP contribution in [0.25, 0.3) is 0 Å². The van der Waals surface area contributed by atoms with E-state index >= 15 is 0 Å². The van der Waals surface area contributed by atoms with Gasteiger partial charge in [0.05, 0.1) is 0 Å². The Morgan fingerprint density at radius 2 is 2.33 bits per heavy atom. The summed E-state index contributed by atoms with van der Waals surface area (Å²) in [5.41, 5.74) is 0.119. The van der Waals surface area contributed by atoms with Crippen molar-refractivity contribution in [1.29, 1.82) is 0 Å². The number of hydrogen-bond acceptors (Lipinski definition) is 6. The number of aromatic amines is 1. The van der Waals surface area contributed by atoms with Crippen LogP contribution in [-0.4, -0.2) is 28.0 Å². The zero-order valence-electron chi connectivity index (χ0n) is 9.04. The van der Waals surface area contributed by atoms with Gasteiger partial charge in [-0.3, -0.25) is 5.10 Å². The van der Waals surface area contributed by atoms with Crippen molar-refractivity contribution < 1.29 is 14.6 Å². The van der Waals surface area contributed by atoms with Crippen LogP contribution < -0.4 is 10.1 Å². The highest BCUT2D eigenvalue weighted by molar-refractivity contribution is 7.73. The summed E-state index contributed by atoms with van der Waals surface area (Å²) >= 11 is 6.15. The Bertz CT molecular complexity index is 608. The molecular weight excluding hydrogens is 274 g/mol. The summed E-state index contributed by atoms with van der Waals surface area (Å²) in [5, 5.41) is 18.9. The predicted octanol–water partition coefficient (Wildman–Crippen LogP) is 2.35. The number of nitrogens with one attached hydrogen (secondary N) is 2. The lowest BCUT2D eigenvalue weighted by Crippen LogP contribution is -2.11. The monoisotopic (exact) mass is 283 g/mol. The van der Waals surface area contributed by atoms with Crippen LogP contribution in [0.2, 0.25) is 0 Å². The first-order chi connectivity index (χ1) is 8.66. The van der Waals surface area contributed by atoms with Crippen LogP contribution in [0.5, 0.6) is 5.75 Å². The van der Waals surface area contributed by atoms with E-state index in [2.05, 4.69) is 15.5 Å². The number of anilines is 1. The normalized spacial score (nSPS) is 10.0. The lowest BCUT2D eigenvalue weighted by atomic mass is 10.2. The molecule has 0 aliphatic rings. The highest BCUT2D eigenvalue weighted by Crippen LogP contribution is 2.18. The Morgan fingerprint density at radius 3 is 3.00 bits per heavy atom. The maximum absolute atomic E-state index is 10.9. The Balaban J connectivity index is 1.98. The molecule has 6 nitrogen and oxygen atoms in total. The predicted molar refractivity (Wildman–Crippen MR) is 69.8 cm³/mol. The van der Waals surface area contributed by atoms with Gasteiger partial charge in [-0.05, 0) is 24.4 Å². The first kappa shape index (κ1) is 12.5. The summed E-state index contributed by atoms with van der Waals surface area (Å²) in [6.45, 7) is 0.112. The van der Waals surface area contributed by atoms with Crippen LogP contribution >= 0.6 is 23.6 Å². The Labute approximate surface area is 111 Å². The van der Waals surface area contributed by atoms with Gasteiger partial charge in [-0.2, -0.15) is 0 Å². The van der Waals surface area contributed by atoms with Gasteiger partial charge in [0.1, 0.15) is 11.3 Å². The number of rotatable bonds is 5. The highest BCUT2D eigenvalue weighted by atomic mass is 32.1. The third-order valence-corrected chi connectivity index (χ3v) is 3.05. The minimum Gasteiger partial charge on any atom is -0.478 e. The molecule has 1 aromatic carbocycles. The number of carboxylic acids is 1. The van der Waals surface area contributed by atoms with Crippen molar-refractivity contribution in [3.63, 3.8) is 0 Å². The van der Waals surface area contributed by atoms with Crippen molar-refractivity contribution >= 4 is 34.7 Å². The number of benzene rings is 1. The van der Waals surface area contributed by atoms with E-state index in [-0.39, 0.29) is 12.3 Å². The van der Waals surface area contributed by atoms with Gasteiger partial charge in [-0.15, -0.1) is 5.10 Å². The first-order valence-electron chi connectivity index (χ1n) is 4.91. The van der Waals surface area contributed by atoms with Gasteiger partial charge >= 0.3 is 5.97 Å². The van der Waals surface area contributed by atoms with Crippen LogP contribution in [0, 0.1) is 3.95 Å². The van der Waals surface area contributed by atoms with Gasteiger partial charge in [-0.25, -0.2) is 4.79 Å². The van der Waals surface area contributed by atoms with E-state index in [9.17, 15) is 4.79 Å². The smallest absolute Gasteiger partial charge is 0.339 e. The van der Waals surface area contributed by atoms with Crippen molar-refractivity contribution in [1.82, 2.24) is 10.2 Å². The number of aromatic nitrogens is 2. The molecule has 2 rings (SSSR count). The van der Waals surface area contributed by atoms with E-state index in [4.69, 9.17) is 22.1 Å². The summed E-state index contributed by atoms with van der Waals surface area (Å²) in [6.07, 6.45) is 0. The second-order valence-corrected chi connectivity index (χ2v) is 4.85. The van der Waals surface area contributed by atoms with Crippen LogP contribution in [0.1, 0.15) is 10.4 Å². The molecule has 0 amide bonds. The first-order valence-corrected chi connectivity index (χ1v) is 6.14. The number of aromatic carboxylic acids is 1. The number of para-hydroxylation sites is 1. The van der Waals surface area contributed by atoms with Gasteiger partial charge in [-0.1, -0.05) is 23.5 Å². The van der Waals surface area contributed by atoms with Gasteiger partial charge in [0.15, 0.2) is 10.7 Å². The SMILES string of the molecule is O=C(O)c1ccccc1OCNc1n[nH]c(=S)s1. The topological polar surface area (TPSA) is 87.2 Å². The molecule has 0 bridgehead atoms. The maximum atomic E-state index is 10.9. The van der Waals surface area contributed by atoms with Crippen molar-refractivity contribution in [2.75, 3.05) is 12.0 Å². The average molecular weight is 283 g/mol. The van der Waals surface area contributed by atoms with Crippen LogP contribution in [0.15, 0.2) is 24.3 Å². The fourth-order valence-corrected chi connectivity index (χ4v) is 2.02.